The Morgan fingerprint density at radius 2 is 2.06 bits per heavy atom. The van der Waals surface area contributed by atoms with E-state index in [4.69, 9.17) is 0 Å². The number of rotatable bonds is 5. The van der Waals surface area contributed by atoms with Gasteiger partial charge in [0, 0.05) is 13.1 Å². The van der Waals surface area contributed by atoms with E-state index in [2.05, 4.69) is 36.5 Å². The molecule has 0 fully saturated rings. The smallest absolute Gasteiger partial charge is 0.0208 e. The zero-order valence-electron chi connectivity index (χ0n) is 10.3. The molecule has 1 heterocycles. The zero-order chi connectivity index (χ0) is 11.2. The van der Waals surface area contributed by atoms with Crippen molar-refractivity contribution in [3.8, 4) is 0 Å². The molecule has 1 heteroatoms. The lowest BCUT2D eigenvalue weighted by Crippen LogP contribution is -2.28. The van der Waals surface area contributed by atoms with E-state index in [1.165, 1.54) is 44.2 Å². The van der Waals surface area contributed by atoms with E-state index in [1.807, 2.05) is 0 Å². The summed E-state index contributed by atoms with van der Waals surface area (Å²) in [5.41, 5.74) is 3.10. The molecular weight excluding hydrogens is 194 g/mol. The molecule has 0 saturated heterocycles. The van der Waals surface area contributed by atoms with Crippen LogP contribution in [0.1, 0.15) is 56.1 Å². The van der Waals surface area contributed by atoms with Crippen LogP contribution in [0.3, 0.4) is 0 Å². The molecule has 1 unspecified atom stereocenters. The van der Waals surface area contributed by atoms with Gasteiger partial charge in [0.05, 0.1) is 0 Å². The minimum atomic E-state index is 0.752. The van der Waals surface area contributed by atoms with E-state index in [9.17, 15) is 0 Å². The molecule has 1 aromatic rings. The van der Waals surface area contributed by atoms with Crippen molar-refractivity contribution in [2.75, 3.05) is 6.54 Å². The topological polar surface area (TPSA) is 12.0 Å². The highest BCUT2D eigenvalue weighted by Crippen LogP contribution is 2.28. The van der Waals surface area contributed by atoms with Crippen molar-refractivity contribution in [3.63, 3.8) is 0 Å². The van der Waals surface area contributed by atoms with Gasteiger partial charge in [0.1, 0.15) is 0 Å². The van der Waals surface area contributed by atoms with Gasteiger partial charge < -0.3 is 5.32 Å². The average Bonchev–Trinajstić information content (AvgIpc) is 2.35. The molecule has 1 atom stereocenters. The van der Waals surface area contributed by atoms with Gasteiger partial charge >= 0.3 is 0 Å². The van der Waals surface area contributed by atoms with Crippen LogP contribution in [0.15, 0.2) is 24.3 Å². The summed E-state index contributed by atoms with van der Waals surface area (Å²) in [6, 6.07) is 8.92. The number of nitrogens with one attached hydrogen (secondary N) is 1. The maximum absolute atomic E-state index is 3.53. The average molecular weight is 217 g/mol. The van der Waals surface area contributed by atoms with Gasteiger partial charge in [-0.2, -0.15) is 0 Å². The van der Waals surface area contributed by atoms with Crippen molar-refractivity contribution in [1.29, 1.82) is 0 Å². The minimum Gasteiger partial charge on any atom is -0.312 e. The molecule has 1 aromatic carbocycles. The third-order valence-corrected chi connectivity index (χ3v) is 3.61. The highest BCUT2D eigenvalue weighted by atomic mass is 14.9. The summed E-state index contributed by atoms with van der Waals surface area (Å²) in [7, 11) is 0. The summed E-state index contributed by atoms with van der Waals surface area (Å²) >= 11 is 0. The van der Waals surface area contributed by atoms with Crippen LogP contribution in [-0.2, 0) is 6.54 Å². The van der Waals surface area contributed by atoms with Crippen LogP contribution in [-0.4, -0.2) is 6.54 Å². The SMILES string of the molecule is CCCCCCC1CNCc2ccccc21. The Kier molecular flexibility index (Phi) is 4.41. The first kappa shape index (κ1) is 11.7. The second-order valence-corrected chi connectivity index (χ2v) is 4.88. The first-order chi connectivity index (χ1) is 7.92. The van der Waals surface area contributed by atoms with E-state index < -0.39 is 0 Å². The maximum Gasteiger partial charge on any atom is 0.0208 e. The predicted molar refractivity (Wildman–Crippen MR) is 69.6 cm³/mol. The Balaban J connectivity index is 1.91. The molecule has 1 N–H and O–H groups in total. The molecule has 1 aliphatic heterocycles. The van der Waals surface area contributed by atoms with Crippen LogP contribution in [0.2, 0.25) is 0 Å². The van der Waals surface area contributed by atoms with Gasteiger partial charge in [-0.25, -0.2) is 0 Å². The fraction of sp³-hybridized carbons (Fsp3) is 0.600. The summed E-state index contributed by atoms with van der Waals surface area (Å²) in [5, 5.41) is 3.53. The third kappa shape index (κ3) is 2.85. The second-order valence-electron chi connectivity index (χ2n) is 4.88. The molecule has 2 rings (SSSR count). The summed E-state index contributed by atoms with van der Waals surface area (Å²) in [5.74, 6) is 0.752. The Labute approximate surface area is 99.3 Å². The van der Waals surface area contributed by atoms with Gasteiger partial charge in [-0.05, 0) is 23.5 Å². The first-order valence-corrected chi connectivity index (χ1v) is 6.70. The summed E-state index contributed by atoms with van der Waals surface area (Å²) < 4.78 is 0. The van der Waals surface area contributed by atoms with Gasteiger partial charge in [0.25, 0.3) is 0 Å². The molecule has 88 valence electrons. The molecule has 1 nitrogen and oxygen atoms in total. The Hall–Kier alpha value is -0.820. The standard InChI is InChI=1S/C15H23N/c1-2-3-4-5-8-13-11-16-12-14-9-6-7-10-15(13)14/h6-7,9-10,13,16H,2-5,8,11-12H2,1H3. The number of fused-ring (bicyclic) bond motifs is 1. The molecule has 0 amide bonds. The van der Waals surface area contributed by atoms with Crippen molar-refractivity contribution < 1.29 is 0 Å². The Morgan fingerprint density at radius 3 is 2.94 bits per heavy atom. The van der Waals surface area contributed by atoms with Crippen LogP contribution in [0.5, 0.6) is 0 Å². The fourth-order valence-electron chi connectivity index (χ4n) is 2.66. The monoisotopic (exact) mass is 217 g/mol. The van der Waals surface area contributed by atoms with Gasteiger partial charge in [0.15, 0.2) is 0 Å². The summed E-state index contributed by atoms with van der Waals surface area (Å²) in [6.07, 6.45) is 6.86. The van der Waals surface area contributed by atoms with Crippen molar-refractivity contribution in [3.05, 3.63) is 35.4 Å². The quantitative estimate of drug-likeness (QED) is 0.739. The highest BCUT2D eigenvalue weighted by molar-refractivity contribution is 5.32. The van der Waals surface area contributed by atoms with Crippen LogP contribution in [0, 0.1) is 0 Å². The van der Waals surface area contributed by atoms with Crippen molar-refractivity contribution in [1.82, 2.24) is 5.32 Å². The van der Waals surface area contributed by atoms with E-state index in [0.29, 0.717) is 0 Å². The first-order valence-electron chi connectivity index (χ1n) is 6.70. The van der Waals surface area contributed by atoms with Gasteiger partial charge in [-0.1, -0.05) is 56.9 Å². The summed E-state index contributed by atoms with van der Waals surface area (Å²) in [6.45, 7) is 4.50. The predicted octanol–water partition coefficient (Wildman–Crippen LogP) is 3.84. The fourth-order valence-corrected chi connectivity index (χ4v) is 2.66. The lowest BCUT2D eigenvalue weighted by molar-refractivity contribution is 0.487. The molecule has 0 spiro atoms. The van der Waals surface area contributed by atoms with E-state index in [0.717, 1.165) is 12.5 Å². The number of hydrogen-bond donors (Lipinski definition) is 1. The van der Waals surface area contributed by atoms with Gasteiger partial charge in [-0.3, -0.25) is 0 Å². The van der Waals surface area contributed by atoms with Crippen LogP contribution in [0.4, 0.5) is 0 Å². The molecule has 0 aromatic heterocycles. The molecule has 0 aliphatic carbocycles. The number of hydrogen-bond acceptors (Lipinski definition) is 1. The van der Waals surface area contributed by atoms with E-state index in [-0.39, 0.29) is 0 Å². The lowest BCUT2D eigenvalue weighted by Gasteiger charge is -2.26. The van der Waals surface area contributed by atoms with Crippen LogP contribution in [0.25, 0.3) is 0 Å². The lowest BCUT2D eigenvalue weighted by atomic mass is 9.87. The normalized spacial score (nSPS) is 19.4. The van der Waals surface area contributed by atoms with Crippen LogP contribution >= 0.6 is 0 Å². The van der Waals surface area contributed by atoms with Crippen LogP contribution < -0.4 is 5.32 Å². The molecule has 0 bridgehead atoms. The van der Waals surface area contributed by atoms with E-state index in [1.54, 1.807) is 5.56 Å². The largest absolute Gasteiger partial charge is 0.312 e. The third-order valence-electron chi connectivity index (χ3n) is 3.61. The zero-order valence-corrected chi connectivity index (χ0v) is 10.3. The molecule has 0 radical (unpaired) electrons. The number of benzene rings is 1. The van der Waals surface area contributed by atoms with Gasteiger partial charge in [-0.15, -0.1) is 0 Å². The highest BCUT2D eigenvalue weighted by Gasteiger charge is 2.18. The molecular formula is C15H23N. The summed E-state index contributed by atoms with van der Waals surface area (Å²) in [4.78, 5) is 0. The second kappa shape index (κ2) is 6.05. The maximum atomic E-state index is 3.53. The molecule has 1 aliphatic rings. The molecule has 16 heavy (non-hydrogen) atoms. The van der Waals surface area contributed by atoms with Crippen molar-refractivity contribution in [2.24, 2.45) is 0 Å². The molecule has 0 saturated carbocycles. The Bertz CT molecular complexity index is 319. The van der Waals surface area contributed by atoms with E-state index >= 15 is 0 Å². The number of unbranched alkanes of at least 4 members (excludes halogenated alkanes) is 3. The van der Waals surface area contributed by atoms with Crippen molar-refractivity contribution >= 4 is 0 Å². The van der Waals surface area contributed by atoms with Gasteiger partial charge in [0.2, 0.25) is 0 Å². The minimum absolute atomic E-state index is 0.752. The Morgan fingerprint density at radius 1 is 1.19 bits per heavy atom. The van der Waals surface area contributed by atoms with Crippen molar-refractivity contribution in [2.45, 2.75) is 51.5 Å².